The molecule has 0 saturated carbocycles. The molecule has 0 saturated heterocycles. The Balaban J connectivity index is 2.11. The predicted molar refractivity (Wildman–Crippen MR) is 105 cm³/mol. The summed E-state index contributed by atoms with van der Waals surface area (Å²) < 4.78 is 12.4. The number of aromatic hydroxyl groups is 1. The highest BCUT2D eigenvalue weighted by molar-refractivity contribution is 6.04. The van der Waals surface area contributed by atoms with E-state index in [0.29, 0.717) is 11.5 Å². The van der Waals surface area contributed by atoms with E-state index in [1.165, 1.54) is 40.2 Å². The van der Waals surface area contributed by atoms with Gasteiger partial charge in [0.15, 0.2) is 11.5 Å². The number of methoxy groups -OCH3 is 2. The highest BCUT2D eigenvalue weighted by Crippen LogP contribution is 2.37. The van der Waals surface area contributed by atoms with Gasteiger partial charge in [-0.15, -0.1) is 0 Å². The predicted octanol–water partition coefficient (Wildman–Crippen LogP) is 0.504. The minimum Gasteiger partial charge on any atom is -0.494 e. The maximum Gasteiger partial charge on any atom is 0.333 e. The fraction of sp³-hybridized carbons (Fsp3) is 0.368. The first-order valence-corrected chi connectivity index (χ1v) is 8.79. The highest BCUT2D eigenvalue weighted by atomic mass is 16.5. The number of benzene rings is 1. The summed E-state index contributed by atoms with van der Waals surface area (Å²) in [5.41, 5.74) is -0.509. The monoisotopic (exact) mass is 402 g/mol. The van der Waals surface area contributed by atoms with Crippen LogP contribution >= 0.6 is 0 Å². The topological polar surface area (TPSA) is 115 Å². The standard InChI is InChI=1S/C19H22N4O6/c1-10(24)23-13(11-6-7-14(28-4)15(8-11)29-5)9-12(20-23)16-17(25)21(2)19(27)22(3)18(16)26/h6-8,13,25H,9H2,1-5H3. The van der Waals surface area contributed by atoms with Gasteiger partial charge in [0, 0.05) is 27.4 Å². The van der Waals surface area contributed by atoms with Crippen LogP contribution in [0.3, 0.4) is 0 Å². The van der Waals surface area contributed by atoms with E-state index < -0.39 is 23.2 Å². The van der Waals surface area contributed by atoms with Crippen molar-refractivity contribution in [1.82, 2.24) is 14.1 Å². The van der Waals surface area contributed by atoms with Crippen LogP contribution in [0, 0.1) is 0 Å². The SMILES string of the molecule is COc1ccc(C2CC(c3c(O)n(C)c(=O)n(C)c3=O)=NN2C(C)=O)cc1OC. The zero-order valence-electron chi connectivity index (χ0n) is 16.8. The summed E-state index contributed by atoms with van der Waals surface area (Å²) >= 11 is 0. The molecule has 1 unspecified atom stereocenters. The third-order valence-electron chi connectivity index (χ3n) is 4.95. The summed E-state index contributed by atoms with van der Waals surface area (Å²) in [6.07, 6.45) is 0.177. The summed E-state index contributed by atoms with van der Waals surface area (Å²) in [7, 11) is 5.70. The van der Waals surface area contributed by atoms with Crippen molar-refractivity contribution >= 4 is 11.6 Å². The van der Waals surface area contributed by atoms with Gasteiger partial charge in [-0.2, -0.15) is 5.10 Å². The van der Waals surface area contributed by atoms with Crippen LogP contribution in [0.2, 0.25) is 0 Å². The van der Waals surface area contributed by atoms with Crippen molar-refractivity contribution in [3.8, 4) is 17.4 Å². The summed E-state index contributed by atoms with van der Waals surface area (Å²) in [6.45, 7) is 1.36. The van der Waals surface area contributed by atoms with Gasteiger partial charge in [-0.3, -0.25) is 18.7 Å². The Morgan fingerprint density at radius 2 is 1.79 bits per heavy atom. The fourth-order valence-electron chi connectivity index (χ4n) is 3.36. The van der Waals surface area contributed by atoms with Crippen molar-refractivity contribution in [2.24, 2.45) is 19.2 Å². The van der Waals surface area contributed by atoms with Gasteiger partial charge in [0.25, 0.3) is 5.56 Å². The first kappa shape index (κ1) is 20.2. The van der Waals surface area contributed by atoms with Crippen LogP contribution < -0.4 is 20.7 Å². The van der Waals surface area contributed by atoms with Crippen molar-refractivity contribution in [2.45, 2.75) is 19.4 Å². The van der Waals surface area contributed by atoms with Gasteiger partial charge in [-0.05, 0) is 17.7 Å². The number of carbonyl (C=O) groups excluding carboxylic acids is 1. The molecule has 2 heterocycles. The van der Waals surface area contributed by atoms with Crippen LogP contribution in [0.4, 0.5) is 0 Å². The molecular formula is C19H22N4O6. The summed E-state index contributed by atoms with van der Waals surface area (Å²) in [6, 6.07) is 4.71. The van der Waals surface area contributed by atoms with Gasteiger partial charge in [-0.25, -0.2) is 9.80 Å². The van der Waals surface area contributed by atoms with E-state index in [1.807, 2.05) is 0 Å². The normalized spacial score (nSPS) is 16.0. The number of hydrogen-bond acceptors (Lipinski definition) is 7. The van der Waals surface area contributed by atoms with E-state index in [9.17, 15) is 19.5 Å². The molecule has 3 rings (SSSR count). The molecule has 1 aromatic carbocycles. The number of rotatable bonds is 4. The number of ether oxygens (including phenoxy) is 2. The molecule has 0 spiro atoms. The van der Waals surface area contributed by atoms with E-state index in [2.05, 4.69) is 5.10 Å². The molecule has 154 valence electrons. The second kappa shape index (κ2) is 7.46. The lowest BCUT2D eigenvalue weighted by atomic mass is 9.98. The van der Waals surface area contributed by atoms with E-state index in [0.717, 1.165) is 14.7 Å². The smallest absolute Gasteiger partial charge is 0.333 e. The van der Waals surface area contributed by atoms with Crippen LogP contribution in [0.5, 0.6) is 17.4 Å². The van der Waals surface area contributed by atoms with Crippen molar-refractivity contribution < 1.29 is 19.4 Å². The van der Waals surface area contributed by atoms with Gasteiger partial charge in [0.05, 0.1) is 26.0 Å². The Morgan fingerprint density at radius 3 is 2.38 bits per heavy atom. The lowest BCUT2D eigenvalue weighted by molar-refractivity contribution is -0.130. The van der Waals surface area contributed by atoms with Crippen LogP contribution in [-0.4, -0.2) is 45.1 Å². The zero-order chi connectivity index (χ0) is 21.5. The molecule has 1 atom stereocenters. The summed E-state index contributed by atoms with van der Waals surface area (Å²) in [5, 5.41) is 15.9. The van der Waals surface area contributed by atoms with Gasteiger partial charge in [0.1, 0.15) is 5.56 Å². The third kappa shape index (κ3) is 3.26. The molecule has 0 radical (unpaired) electrons. The number of nitrogens with zero attached hydrogens (tertiary/aromatic N) is 4. The van der Waals surface area contributed by atoms with Crippen molar-refractivity contribution in [3.05, 3.63) is 50.2 Å². The van der Waals surface area contributed by atoms with E-state index in [-0.39, 0.29) is 23.6 Å². The Labute approximate surface area is 166 Å². The quantitative estimate of drug-likeness (QED) is 0.797. The molecule has 0 fully saturated rings. The number of hydrazone groups is 1. The molecule has 0 aliphatic carbocycles. The van der Waals surface area contributed by atoms with Crippen LogP contribution in [0.1, 0.15) is 30.5 Å². The molecule has 0 bridgehead atoms. The Hall–Kier alpha value is -3.56. The van der Waals surface area contributed by atoms with E-state index >= 15 is 0 Å². The largest absolute Gasteiger partial charge is 0.494 e. The molecule has 2 aromatic rings. The summed E-state index contributed by atoms with van der Waals surface area (Å²) in [5.74, 6) is 0.200. The van der Waals surface area contributed by atoms with Crippen LogP contribution in [0.25, 0.3) is 0 Å². The molecule has 29 heavy (non-hydrogen) atoms. The highest BCUT2D eigenvalue weighted by Gasteiger charge is 2.35. The Bertz CT molecular complexity index is 1130. The first-order chi connectivity index (χ1) is 13.7. The molecule has 1 aliphatic rings. The van der Waals surface area contributed by atoms with E-state index in [4.69, 9.17) is 9.47 Å². The average Bonchev–Trinajstić information content (AvgIpc) is 3.15. The molecular weight excluding hydrogens is 380 g/mol. The van der Waals surface area contributed by atoms with Gasteiger partial charge >= 0.3 is 5.69 Å². The maximum atomic E-state index is 12.6. The van der Waals surface area contributed by atoms with Crippen molar-refractivity contribution in [3.63, 3.8) is 0 Å². The number of amides is 1. The minimum absolute atomic E-state index is 0.108. The average molecular weight is 402 g/mol. The van der Waals surface area contributed by atoms with E-state index in [1.54, 1.807) is 18.2 Å². The Morgan fingerprint density at radius 1 is 1.14 bits per heavy atom. The Kier molecular flexibility index (Phi) is 5.19. The van der Waals surface area contributed by atoms with Crippen LogP contribution in [-0.2, 0) is 18.9 Å². The summed E-state index contributed by atoms with van der Waals surface area (Å²) in [4.78, 5) is 36.8. The van der Waals surface area contributed by atoms with Gasteiger partial charge in [-0.1, -0.05) is 6.07 Å². The molecule has 1 aliphatic heterocycles. The minimum atomic E-state index is -0.680. The fourth-order valence-corrected chi connectivity index (χ4v) is 3.36. The maximum absolute atomic E-state index is 12.6. The van der Waals surface area contributed by atoms with Gasteiger partial charge in [0.2, 0.25) is 11.8 Å². The van der Waals surface area contributed by atoms with Crippen molar-refractivity contribution in [1.29, 1.82) is 0 Å². The second-order valence-corrected chi connectivity index (χ2v) is 6.65. The lowest BCUT2D eigenvalue weighted by Gasteiger charge is -2.21. The molecule has 1 amide bonds. The second-order valence-electron chi connectivity index (χ2n) is 6.65. The number of aromatic nitrogens is 2. The lowest BCUT2D eigenvalue weighted by Crippen LogP contribution is -2.39. The molecule has 10 heteroatoms. The van der Waals surface area contributed by atoms with Crippen molar-refractivity contribution in [2.75, 3.05) is 14.2 Å². The zero-order valence-corrected chi connectivity index (χ0v) is 16.8. The number of hydrogen-bond donors (Lipinski definition) is 1. The number of carbonyl (C=O) groups is 1. The first-order valence-electron chi connectivity index (χ1n) is 8.79. The molecule has 10 nitrogen and oxygen atoms in total. The third-order valence-corrected chi connectivity index (χ3v) is 4.95. The van der Waals surface area contributed by atoms with Crippen LogP contribution in [0.15, 0.2) is 32.9 Å². The van der Waals surface area contributed by atoms with Gasteiger partial charge < -0.3 is 14.6 Å². The molecule has 1 N–H and O–H groups in total. The molecule has 1 aromatic heterocycles.